The Balaban J connectivity index is 1.19. The van der Waals surface area contributed by atoms with Gasteiger partial charge in [0.15, 0.2) is 0 Å². The SMILES string of the molecule is O=S(=O)(c1ccccc1)N(C1CC1)C1CCN(CCOC(c2ccc(F)cc2)c2ccc(F)cc2)CC1. The van der Waals surface area contributed by atoms with Gasteiger partial charge in [0, 0.05) is 18.6 Å². The predicted octanol–water partition coefficient (Wildman–Crippen LogP) is 5.39. The minimum Gasteiger partial charge on any atom is -0.367 e. The largest absolute Gasteiger partial charge is 0.367 e. The lowest BCUT2D eigenvalue weighted by molar-refractivity contribution is 0.0497. The lowest BCUT2D eigenvalue weighted by Crippen LogP contribution is -2.48. The van der Waals surface area contributed by atoms with Crippen molar-refractivity contribution in [2.24, 2.45) is 0 Å². The molecule has 5 rings (SSSR count). The van der Waals surface area contributed by atoms with E-state index in [4.69, 9.17) is 4.74 Å². The molecule has 1 saturated carbocycles. The van der Waals surface area contributed by atoms with Gasteiger partial charge in [0.1, 0.15) is 17.7 Å². The first-order valence-corrected chi connectivity index (χ1v) is 14.3. The molecule has 1 saturated heterocycles. The van der Waals surface area contributed by atoms with E-state index >= 15 is 0 Å². The first kappa shape index (κ1) is 26.0. The molecular weight excluding hydrogens is 494 g/mol. The molecule has 196 valence electrons. The standard InChI is InChI=1S/C29H32F2N2O3S/c30-24-10-6-22(7-11-24)29(23-8-12-25(31)13-9-23)36-21-20-32-18-16-27(17-19-32)33(26-14-15-26)37(34,35)28-4-2-1-3-5-28/h1-13,26-27,29H,14-21H2. The van der Waals surface area contributed by atoms with Crippen LogP contribution in [0.1, 0.15) is 42.9 Å². The number of hydrogen-bond acceptors (Lipinski definition) is 4. The summed E-state index contributed by atoms with van der Waals surface area (Å²) in [6.07, 6.45) is 2.98. The number of benzene rings is 3. The summed E-state index contributed by atoms with van der Waals surface area (Å²) in [5.74, 6) is -0.641. The lowest BCUT2D eigenvalue weighted by Gasteiger charge is -2.38. The fourth-order valence-corrected chi connectivity index (χ4v) is 7.04. The molecule has 2 aliphatic rings. The minimum absolute atomic E-state index is 0.000975. The fraction of sp³-hybridized carbons (Fsp3) is 0.379. The molecular formula is C29H32F2N2O3S. The maximum atomic E-state index is 13.5. The molecule has 1 aliphatic heterocycles. The Kier molecular flexibility index (Phi) is 8.00. The van der Waals surface area contributed by atoms with Crippen LogP contribution >= 0.6 is 0 Å². The maximum Gasteiger partial charge on any atom is 0.243 e. The zero-order valence-corrected chi connectivity index (χ0v) is 21.5. The molecule has 0 radical (unpaired) electrons. The number of rotatable bonds is 10. The maximum absolute atomic E-state index is 13.5. The zero-order valence-electron chi connectivity index (χ0n) is 20.7. The van der Waals surface area contributed by atoms with Gasteiger partial charge in [0.2, 0.25) is 10.0 Å². The van der Waals surface area contributed by atoms with E-state index in [-0.39, 0.29) is 23.7 Å². The van der Waals surface area contributed by atoms with Gasteiger partial charge >= 0.3 is 0 Å². The molecule has 0 N–H and O–H groups in total. The Hall–Kier alpha value is -2.65. The van der Waals surface area contributed by atoms with Gasteiger partial charge in [-0.1, -0.05) is 42.5 Å². The molecule has 0 bridgehead atoms. The van der Waals surface area contributed by atoms with E-state index in [0.29, 0.717) is 18.0 Å². The Morgan fingerprint density at radius 1 is 0.784 bits per heavy atom. The number of piperidine rings is 1. The van der Waals surface area contributed by atoms with Gasteiger partial charge in [0.25, 0.3) is 0 Å². The van der Waals surface area contributed by atoms with E-state index in [1.807, 2.05) is 6.07 Å². The predicted molar refractivity (Wildman–Crippen MR) is 139 cm³/mol. The van der Waals surface area contributed by atoms with Crippen LogP contribution in [0.25, 0.3) is 0 Å². The molecule has 0 atom stereocenters. The summed E-state index contributed by atoms with van der Waals surface area (Å²) < 4.78 is 61.8. The Bertz CT molecular complexity index is 1210. The molecule has 37 heavy (non-hydrogen) atoms. The van der Waals surface area contributed by atoms with Crippen molar-refractivity contribution in [3.05, 3.63) is 102 Å². The molecule has 0 spiro atoms. The van der Waals surface area contributed by atoms with E-state index in [1.165, 1.54) is 24.3 Å². The molecule has 1 heterocycles. The average Bonchev–Trinajstić information content (AvgIpc) is 3.74. The molecule has 0 amide bonds. The van der Waals surface area contributed by atoms with Crippen LogP contribution in [0.3, 0.4) is 0 Å². The Morgan fingerprint density at radius 3 is 1.81 bits per heavy atom. The summed E-state index contributed by atoms with van der Waals surface area (Å²) in [6, 6.07) is 21.2. The number of likely N-dealkylation sites (tertiary alicyclic amines) is 1. The van der Waals surface area contributed by atoms with Crippen LogP contribution < -0.4 is 0 Å². The molecule has 1 aliphatic carbocycles. The average molecular weight is 527 g/mol. The summed E-state index contributed by atoms with van der Waals surface area (Å²) in [4.78, 5) is 2.66. The highest BCUT2D eigenvalue weighted by molar-refractivity contribution is 7.89. The Morgan fingerprint density at radius 2 is 1.30 bits per heavy atom. The number of ether oxygens (including phenoxy) is 1. The molecule has 3 aromatic carbocycles. The van der Waals surface area contributed by atoms with Crippen molar-refractivity contribution in [3.63, 3.8) is 0 Å². The van der Waals surface area contributed by atoms with Crippen LogP contribution in [0, 0.1) is 11.6 Å². The molecule has 0 aromatic heterocycles. The molecule has 0 unspecified atom stereocenters. The van der Waals surface area contributed by atoms with Gasteiger partial charge in [0.05, 0.1) is 11.5 Å². The molecule has 2 fully saturated rings. The van der Waals surface area contributed by atoms with Gasteiger partial charge in [-0.15, -0.1) is 0 Å². The summed E-state index contributed by atoms with van der Waals surface area (Å²) in [7, 11) is -3.51. The summed E-state index contributed by atoms with van der Waals surface area (Å²) in [5, 5.41) is 0. The molecule has 3 aromatic rings. The second-order valence-corrected chi connectivity index (χ2v) is 11.6. The highest BCUT2D eigenvalue weighted by atomic mass is 32.2. The highest BCUT2D eigenvalue weighted by Gasteiger charge is 2.43. The summed E-state index contributed by atoms with van der Waals surface area (Å²) in [5.41, 5.74) is 1.61. The van der Waals surface area contributed by atoms with Crippen LogP contribution in [0.15, 0.2) is 83.8 Å². The van der Waals surface area contributed by atoms with Gasteiger partial charge in [-0.3, -0.25) is 0 Å². The number of halogens is 2. The lowest BCUT2D eigenvalue weighted by atomic mass is 10.0. The van der Waals surface area contributed by atoms with Crippen LogP contribution in [0.2, 0.25) is 0 Å². The van der Waals surface area contributed by atoms with Crippen molar-refractivity contribution >= 4 is 10.0 Å². The summed E-state index contributed by atoms with van der Waals surface area (Å²) in [6.45, 7) is 2.72. The van der Waals surface area contributed by atoms with E-state index in [1.54, 1.807) is 52.8 Å². The quantitative estimate of drug-likeness (QED) is 0.356. The molecule has 5 nitrogen and oxygen atoms in total. The third-order valence-corrected chi connectivity index (χ3v) is 9.20. The van der Waals surface area contributed by atoms with Crippen LogP contribution in [0.4, 0.5) is 8.78 Å². The minimum atomic E-state index is -3.51. The van der Waals surface area contributed by atoms with Crippen LogP contribution in [-0.2, 0) is 14.8 Å². The molecule has 8 heteroatoms. The monoisotopic (exact) mass is 526 g/mol. The number of hydrogen-bond donors (Lipinski definition) is 0. The van der Waals surface area contributed by atoms with E-state index in [9.17, 15) is 17.2 Å². The highest BCUT2D eigenvalue weighted by Crippen LogP contribution is 2.36. The third kappa shape index (κ3) is 6.26. The van der Waals surface area contributed by atoms with Gasteiger partial charge in [-0.25, -0.2) is 17.2 Å². The van der Waals surface area contributed by atoms with Gasteiger partial charge in [-0.2, -0.15) is 4.31 Å². The van der Waals surface area contributed by atoms with Crippen molar-refractivity contribution in [1.82, 2.24) is 9.21 Å². The second-order valence-electron chi connectivity index (χ2n) is 9.81. The number of nitrogens with zero attached hydrogens (tertiary/aromatic N) is 2. The van der Waals surface area contributed by atoms with E-state index in [0.717, 1.165) is 49.9 Å². The van der Waals surface area contributed by atoms with Gasteiger partial charge in [-0.05, 0) is 86.3 Å². The normalized spacial score (nSPS) is 17.5. The van der Waals surface area contributed by atoms with Crippen molar-refractivity contribution in [2.45, 2.75) is 48.8 Å². The van der Waals surface area contributed by atoms with Crippen molar-refractivity contribution in [1.29, 1.82) is 0 Å². The van der Waals surface area contributed by atoms with Crippen LogP contribution in [0.5, 0.6) is 0 Å². The second kappa shape index (κ2) is 11.4. The fourth-order valence-electron chi connectivity index (χ4n) is 5.09. The zero-order chi connectivity index (χ0) is 25.8. The van der Waals surface area contributed by atoms with Crippen molar-refractivity contribution in [2.75, 3.05) is 26.2 Å². The smallest absolute Gasteiger partial charge is 0.243 e. The van der Waals surface area contributed by atoms with Crippen molar-refractivity contribution in [3.8, 4) is 0 Å². The van der Waals surface area contributed by atoms with Crippen LogP contribution in [-0.4, -0.2) is 55.9 Å². The first-order valence-electron chi connectivity index (χ1n) is 12.9. The third-order valence-electron chi connectivity index (χ3n) is 7.18. The van der Waals surface area contributed by atoms with Gasteiger partial charge < -0.3 is 9.64 Å². The topological polar surface area (TPSA) is 49.9 Å². The Labute approximate surface area is 217 Å². The van der Waals surface area contributed by atoms with Crippen molar-refractivity contribution < 1.29 is 21.9 Å². The first-order chi connectivity index (χ1) is 17.9. The summed E-state index contributed by atoms with van der Waals surface area (Å²) >= 11 is 0. The van der Waals surface area contributed by atoms with E-state index < -0.39 is 16.1 Å². The van der Waals surface area contributed by atoms with E-state index in [2.05, 4.69) is 4.90 Å². The number of sulfonamides is 1.